The van der Waals surface area contributed by atoms with E-state index in [-0.39, 0.29) is 5.91 Å². The number of rotatable bonds is 3. The van der Waals surface area contributed by atoms with E-state index < -0.39 is 5.60 Å². The predicted octanol–water partition coefficient (Wildman–Crippen LogP) is 1.56. The molecule has 3 rings (SSSR count). The number of nitrogens with zero attached hydrogens (tertiary/aromatic N) is 4. The first-order valence-corrected chi connectivity index (χ1v) is 8.48. The van der Waals surface area contributed by atoms with Crippen LogP contribution in [0.1, 0.15) is 35.3 Å². The number of likely N-dealkylation sites (N-methyl/N-ethyl adjacent to an activating group) is 1. The third kappa shape index (κ3) is 3.60. The molecular weight excluding hydrogens is 304 g/mol. The first-order chi connectivity index (χ1) is 11.4. The van der Waals surface area contributed by atoms with Gasteiger partial charge in [-0.05, 0) is 52.4 Å². The summed E-state index contributed by atoms with van der Waals surface area (Å²) >= 11 is 0. The fourth-order valence-corrected chi connectivity index (χ4v) is 3.56. The molecule has 1 atom stereocenters. The molecule has 6 nitrogen and oxygen atoms in total. The molecule has 0 saturated carbocycles. The number of aliphatic hydroxyl groups is 1. The average molecular weight is 330 g/mol. The van der Waals surface area contributed by atoms with E-state index in [0.29, 0.717) is 31.6 Å². The molecule has 0 aliphatic carbocycles. The molecule has 1 amide bonds. The Morgan fingerprint density at radius 1 is 1.29 bits per heavy atom. The SMILES string of the molecule is Cc1cn2cc(C(=O)N3CCC[C@@](O)(CN(C)C)CC3)ccc2n1. The van der Waals surface area contributed by atoms with Crippen molar-refractivity contribution in [3.05, 3.63) is 35.8 Å². The molecule has 2 aromatic rings. The lowest BCUT2D eigenvalue weighted by molar-refractivity contribution is 0.00305. The van der Waals surface area contributed by atoms with Gasteiger partial charge in [0, 0.05) is 32.0 Å². The van der Waals surface area contributed by atoms with Gasteiger partial charge >= 0.3 is 0 Å². The van der Waals surface area contributed by atoms with Crippen molar-refractivity contribution >= 4 is 11.6 Å². The van der Waals surface area contributed by atoms with Crippen LogP contribution in [0.3, 0.4) is 0 Å². The second-order valence-electron chi connectivity index (χ2n) is 7.17. The van der Waals surface area contributed by atoms with Gasteiger partial charge in [-0.25, -0.2) is 4.98 Å². The average Bonchev–Trinajstić information content (AvgIpc) is 2.77. The topological polar surface area (TPSA) is 61.1 Å². The second kappa shape index (κ2) is 6.53. The largest absolute Gasteiger partial charge is 0.388 e. The minimum absolute atomic E-state index is 0.0253. The van der Waals surface area contributed by atoms with Crippen LogP contribution in [-0.4, -0.2) is 69.5 Å². The van der Waals surface area contributed by atoms with E-state index in [2.05, 4.69) is 4.98 Å². The highest BCUT2D eigenvalue weighted by Crippen LogP contribution is 2.24. The molecule has 0 spiro atoms. The van der Waals surface area contributed by atoms with Gasteiger partial charge in [0.25, 0.3) is 5.91 Å². The molecule has 1 saturated heterocycles. The minimum atomic E-state index is -0.704. The Balaban J connectivity index is 1.74. The molecule has 6 heteroatoms. The second-order valence-corrected chi connectivity index (χ2v) is 7.17. The van der Waals surface area contributed by atoms with E-state index in [1.807, 2.05) is 59.7 Å². The van der Waals surface area contributed by atoms with Gasteiger partial charge in [0.2, 0.25) is 0 Å². The summed E-state index contributed by atoms with van der Waals surface area (Å²) in [5, 5.41) is 10.7. The summed E-state index contributed by atoms with van der Waals surface area (Å²) in [5.74, 6) is 0.0253. The lowest BCUT2D eigenvalue weighted by Crippen LogP contribution is -2.41. The number of imidazole rings is 1. The maximum Gasteiger partial charge on any atom is 0.255 e. The van der Waals surface area contributed by atoms with Crippen LogP contribution in [-0.2, 0) is 0 Å². The fourth-order valence-electron chi connectivity index (χ4n) is 3.56. The summed E-state index contributed by atoms with van der Waals surface area (Å²) in [5.41, 5.74) is 1.74. The molecular formula is C18H26N4O2. The zero-order chi connectivity index (χ0) is 17.3. The highest BCUT2D eigenvalue weighted by atomic mass is 16.3. The fraction of sp³-hybridized carbons (Fsp3) is 0.556. The summed E-state index contributed by atoms with van der Waals surface area (Å²) < 4.78 is 1.89. The van der Waals surface area contributed by atoms with Gasteiger partial charge < -0.3 is 19.3 Å². The normalized spacial score (nSPS) is 22.1. The summed E-state index contributed by atoms with van der Waals surface area (Å²) in [7, 11) is 3.93. The summed E-state index contributed by atoms with van der Waals surface area (Å²) in [6.45, 7) is 3.85. The van der Waals surface area contributed by atoms with Crippen molar-refractivity contribution in [2.45, 2.75) is 31.8 Å². The maximum atomic E-state index is 12.8. The van der Waals surface area contributed by atoms with Crippen molar-refractivity contribution in [1.29, 1.82) is 0 Å². The zero-order valence-electron chi connectivity index (χ0n) is 14.7. The number of aromatic nitrogens is 2. The molecule has 1 aliphatic rings. The van der Waals surface area contributed by atoms with Gasteiger partial charge in [-0.2, -0.15) is 0 Å². The number of pyridine rings is 1. The first kappa shape index (κ1) is 16.9. The van der Waals surface area contributed by atoms with E-state index >= 15 is 0 Å². The quantitative estimate of drug-likeness (QED) is 0.928. The molecule has 0 radical (unpaired) electrons. The number of fused-ring (bicyclic) bond motifs is 1. The lowest BCUT2D eigenvalue weighted by Gasteiger charge is -2.30. The van der Waals surface area contributed by atoms with E-state index in [9.17, 15) is 9.90 Å². The van der Waals surface area contributed by atoms with E-state index in [4.69, 9.17) is 0 Å². The third-order valence-electron chi connectivity index (χ3n) is 4.63. The molecule has 2 aromatic heterocycles. The summed E-state index contributed by atoms with van der Waals surface area (Å²) in [6, 6.07) is 3.71. The van der Waals surface area contributed by atoms with Gasteiger partial charge in [0.05, 0.1) is 16.9 Å². The Hall–Kier alpha value is -1.92. The van der Waals surface area contributed by atoms with Crippen LogP contribution < -0.4 is 0 Å². The molecule has 0 unspecified atom stereocenters. The number of likely N-dealkylation sites (tertiary alicyclic amines) is 1. The molecule has 3 heterocycles. The van der Waals surface area contributed by atoms with E-state index in [0.717, 1.165) is 24.2 Å². The van der Waals surface area contributed by atoms with E-state index in [1.54, 1.807) is 0 Å². The van der Waals surface area contributed by atoms with E-state index in [1.165, 1.54) is 0 Å². The van der Waals surface area contributed by atoms with Crippen LogP contribution in [0.15, 0.2) is 24.5 Å². The van der Waals surface area contributed by atoms with Crippen molar-refractivity contribution in [1.82, 2.24) is 19.2 Å². The Morgan fingerprint density at radius 2 is 2.08 bits per heavy atom. The molecule has 1 aliphatic heterocycles. The summed E-state index contributed by atoms with van der Waals surface area (Å²) in [6.07, 6.45) is 5.93. The smallest absolute Gasteiger partial charge is 0.255 e. The van der Waals surface area contributed by atoms with Crippen LogP contribution in [0.25, 0.3) is 5.65 Å². The number of aryl methyl sites for hydroxylation is 1. The minimum Gasteiger partial charge on any atom is -0.388 e. The van der Waals surface area contributed by atoms with Crippen LogP contribution in [0.4, 0.5) is 0 Å². The number of carbonyl (C=O) groups excluding carboxylic acids is 1. The number of hydrogen-bond acceptors (Lipinski definition) is 4. The monoisotopic (exact) mass is 330 g/mol. The first-order valence-electron chi connectivity index (χ1n) is 8.48. The molecule has 1 N–H and O–H groups in total. The highest BCUT2D eigenvalue weighted by Gasteiger charge is 2.32. The maximum absolute atomic E-state index is 12.8. The lowest BCUT2D eigenvalue weighted by atomic mass is 9.94. The van der Waals surface area contributed by atoms with Crippen LogP contribution in [0, 0.1) is 6.92 Å². The standard InChI is InChI=1S/C18H26N4O2/c1-14-11-22-12-15(5-6-16(22)19-14)17(23)21-9-4-7-18(24,8-10-21)13-20(2)3/h5-6,11-12,24H,4,7-10,13H2,1-3H3/t18-/m0/s1. The van der Waals surface area contributed by atoms with Crippen LogP contribution in [0.2, 0.25) is 0 Å². The van der Waals surface area contributed by atoms with Crippen molar-refractivity contribution in [3.63, 3.8) is 0 Å². The van der Waals surface area contributed by atoms with Crippen LogP contribution >= 0.6 is 0 Å². The van der Waals surface area contributed by atoms with Crippen molar-refractivity contribution < 1.29 is 9.90 Å². The van der Waals surface area contributed by atoms with Crippen LogP contribution in [0.5, 0.6) is 0 Å². The molecule has 0 bridgehead atoms. The number of amides is 1. The van der Waals surface area contributed by atoms with Gasteiger partial charge in [-0.1, -0.05) is 0 Å². The van der Waals surface area contributed by atoms with Gasteiger partial charge in [-0.3, -0.25) is 4.79 Å². The van der Waals surface area contributed by atoms with Crippen molar-refractivity contribution in [2.24, 2.45) is 0 Å². The highest BCUT2D eigenvalue weighted by molar-refractivity contribution is 5.94. The van der Waals surface area contributed by atoms with Crippen molar-refractivity contribution in [2.75, 3.05) is 33.7 Å². The van der Waals surface area contributed by atoms with Gasteiger partial charge in [-0.15, -0.1) is 0 Å². The Morgan fingerprint density at radius 3 is 2.83 bits per heavy atom. The Labute approximate surface area is 142 Å². The predicted molar refractivity (Wildman–Crippen MR) is 93.2 cm³/mol. The third-order valence-corrected chi connectivity index (χ3v) is 4.63. The number of carbonyl (C=O) groups is 1. The Kier molecular flexibility index (Phi) is 4.60. The molecule has 24 heavy (non-hydrogen) atoms. The molecule has 1 fully saturated rings. The zero-order valence-corrected chi connectivity index (χ0v) is 14.7. The summed E-state index contributed by atoms with van der Waals surface area (Å²) in [4.78, 5) is 21.1. The number of hydrogen-bond donors (Lipinski definition) is 1. The van der Waals surface area contributed by atoms with Gasteiger partial charge in [0.1, 0.15) is 5.65 Å². The van der Waals surface area contributed by atoms with Gasteiger partial charge in [0.15, 0.2) is 0 Å². The molecule has 130 valence electrons. The van der Waals surface area contributed by atoms with Crippen molar-refractivity contribution in [3.8, 4) is 0 Å². The Bertz CT molecular complexity index is 740. The molecule has 0 aromatic carbocycles.